The minimum Gasteiger partial charge on any atom is -0.339 e. The first-order chi connectivity index (χ1) is 9.90. The number of rotatable bonds is 3. The van der Waals surface area contributed by atoms with E-state index in [1.165, 1.54) is 6.07 Å². The molecule has 0 spiro atoms. The zero-order valence-corrected chi connectivity index (χ0v) is 12.2. The molecule has 0 N–H and O–H groups in total. The average Bonchev–Trinajstić information content (AvgIpc) is 2.46. The van der Waals surface area contributed by atoms with Gasteiger partial charge in [-0.15, -0.1) is 0 Å². The highest BCUT2D eigenvalue weighted by molar-refractivity contribution is 5.94. The summed E-state index contributed by atoms with van der Waals surface area (Å²) >= 11 is 0. The Hall–Kier alpha value is -1.98. The third-order valence-electron chi connectivity index (χ3n) is 4.24. The number of hydrogen-bond acceptors (Lipinski definition) is 3. The number of nitro benzene ring substituents is 1. The Morgan fingerprint density at radius 2 is 1.95 bits per heavy atom. The van der Waals surface area contributed by atoms with E-state index in [0.29, 0.717) is 5.92 Å². The molecule has 0 bridgehead atoms. The highest BCUT2D eigenvalue weighted by atomic mass is 19.1. The van der Waals surface area contributed by atoms with E-state index in [-0.39, 0.29) is 17.5 Å². The van der Waals surface area contributed by atoms with Crippen molar-refractivity contribution in [2.75, 3.05) is 7.05 Å². The maximum atomic E-state index is 13.6. The largest absolute Gasteiger partial charge is 0.339 e. The van der Waals surface area contributed by atoms with Crippen molar-refractivity contribution in [3.05, 3.63) is 39.7 Å². The first kappa shape index (κ1) is 15.4. The van der Waals surface area contributed by atoms with Crippen molar-refractivity contribution in [3.63, 3.8) is 0 Å². The summed E-state index contributed by atoms with van der Waals surface area (Å²) in [5, 5.41) is 10.6. The SMILES string of the molecule is CC1CCC(N(C)C(=O)c2ccc([N+](=O)[O-])c(F)c2)CC1. The topological polar surface area (TPSA) is 63.5 Å². The third kappa shape index (κ3) is 3.37. The van der Waals surface area contributed by atoms with Gasteiger partial charge in [0.15, 0.2) is 0 Å². The Morgan fingerprint density at radius 3 is 2.48 bits per heavy atom. The Balaban J connectivity index is 2.12. The second kappa shape index (κ2) is 6.20. The van der Waals surface area contributed by atoms with Crippen LogP contribution in [0.5, 0.6) is 0 Å². The molecule has 5 nitrogen and oxygen atoms in total. The van der Waals surface area contributed by atoms with Crippen molar-refractivity contribution in [1.29, 1.82) is 0 Å². The van der Waals surface area contributed by atoms with Crippen molar-refractivity contribution in [3.8, 4) is 0 Å². The van der Waals surface area contributed by atoms with Crippen LogP contribution in [0, 0.1) is 21.8 Å². The van der Waals surface area contributed by atoms with Crippen LogP contribution in [0.25, 0.3) is 0 Å². The van der Waals surface area contributed by atoms with Crippen LogP contribution >= 0.6 is 0 Å². The van der Waals surface area contributed by atoms with E-state index in [0.717, 1.165) is 37.8 Å². The summed E-state index contributed by atoms with van der Waals surface area (Å²) in [6.45, 7) is 2.20. The fraction of sp³-hybridized carbons (Fsp3) is 0.533. The fourth-order valence-electron chi connectivity index (χ4n) is 2.79. The lowest BCUT2D eigenvalue weighted by atomic mass is 9.86. The first-order valence-corrected chi connectivity index (χ1v) is 7.11. The van der Waals surface area contributed by atoms with Gasteiger partial charge in [0, 0.05) is 24.7 Å². The molecule has 0 saturated heterocycles. The van der Waals surface area contributed by atoms with Crippen molar-refractivity contribution >= 4 is 11.6 Å². The van der Waals surface area contributed by atoms with Crippen LogP contribution in [0.3, 0.4) is 0 Å². The molecule has 114 valence electrons. The quantitative estimate of drug-likeness (QED) is 0.634. The summed E-state index contributed by atoms with van der Waals surface area (Å²) in [4.78, 5) is 23.8. The number of hydrogen-bond donors (Lipinski definition) is 0. The Labute approximate surface area is 122 Å². The van der Waals surface area contributed by atoms with E-state index in [4.69, 9.17) is 0 Å². The molecular formula is C15H19FN2O3. The van der Waals surface area contributed by atoms with Gasteiger partial charge in [-0.1, -0.05) is 6.92 Å². The lowest BCUT2D eigenvalue weighted by molar-refractivity contribution is -0.387. The van der Waals surface area contributed by atoms with E-state index >= 15 is 0 Å². The average molecular weight is 294 g/mol. The van der Waals surface area contributed by atoms with Gasteiger partial charge < -0.3 is 4.90 Å². The molecule has 0 radical (unpaired) electrons. The monoisotopic (exact) mass is 294 g/mol. The number of carbonyl (C=O) groups is 1. The summed E-state index contributed by atoms with van der Waals surface area (Å²) in [6, 6.07) is 3.46. The maximum Gasteiger partial charge on any atom is 0.304 e. The van der Waals surface area contributed by atoms with Crippen LogP contribution in [0.15, 0.2) is 18.2 Å². The second-order valence-corrected chi connectivity index (χ2v) is 5.75. The fourth-order valence-corrected chi connectivity index (χ4v) is 2.79. The Kier molecular flexibility index (Phi) is 4.55. The van der Waals surface area contributed by atoms with Crippen LogP contribution in [-0.2, 0) is 0 Å². The molecule has 0 aromatic heterocycles. The minimum absolute atomic E-state index is 0.152. The molecule has 0 unspecified atom stereocenters. The van der Waals surface area contributed by atoms with Gasteiger partial charge in [-0.05, 0) is 43.7 Å². The van der Waals surface area contributed by atoms with Crippen LogP contribution in [-0.4, -0.2) is 28.8 Å². The molecule has 6 heteroatoms. The molecule has 2 rings (SSSR count). The zero-order valence-electron chi connectivity index (χ0n) is 12.2. The molecule has 1 aromatic carbocycles. The summed E-state index contributed by atoms with van der Waals surface area (Å²) in [5.74, 6) is -0.582. The Bertz CT molecular complexity index is 554. The number of halogens is 1. The zero-order chi connectivity index (χ0) is 15.6. The molecule has 1 amide bonds. The number of nitrogens with zero attached hydrogens (tertiary/aromatic N) is 2. The molecule has 1 aromatic rings. The van der Waals surface area contributed by atoms with E-state index in [1.54, 1.807) is 11.9 Å². The first-order valence-electron chi connectivity index (χ1n) is 7.11. The van der Waals surface area contributed by atoms with Crippen molar-refractivity contribution < 1.29 is 14.1 Å². The van der Waals surface area contributed by atoms with Gasteiger partial charge in [0.1, 0.15) is 0 Å². The molecule has 1 aliphatic carbocycles. The number of carbonyl (C=O) groups excluding carboxylic acids is 1. The van der Waals surface area contributed by atoms with E-state index in [9.17, 15) is 19.3 Å². The molecular weight excluding hydrogens is 275 g/mol. The van der Waals surface area contributed by atoms with Gasteiger partial charge in [-0.2, -0.15) is 4.39 Å². The highest BCUT2D eigenvalue weighted by Gasteiger charge is 2.26. The van der Waals surface area contributed by atoms with Crippen molar-refractivity contribution in [2.24, 2.45) is 5.92 Å². The predicted octanol–water partition coefficient (Wildman–Crippen LogP) is 3.38. The van der Waals surface area contributed by atoms with Crippen LogP contribution in [0.2, 0.25) is 0 Å². The summed E-state index contributed by atoms with van der Waals surface area (Å²) in [5.41, 5.74) is -0.458. The summed E-state index contributed by atoms with van der Waals surface area (Å²) in [6.07, 6.45) is 4.05. The maximum absolute atomic E-state index is 13.6. The van der Waals surface area contributed by atoms with Crippen LogP contribution in [0.4, 0.5) is 10.1 Å². The van der Waals surface area contributed by atoms with Crippen LogP contribution in [0.1, 0.15) is 43.0 Å². The molecule has 0 heterocycles. The molecule has 0 aliphatic heterocycles. The second-order valence-electron chi connectivity index (χ2n) is 5.75. The van der Waals surface area contributed by atoms with Crippen molar-refractivity contribution in [1.82, 2.24) is 4.90 Å². The summed E-state index contributed by atoms with van der Waals surface area (Å²) in [7, 11) is 1.71. The predicted molar refractivity (Wildman–Crippen MR) is 76.6 cm³/mol. The van der Waals surface area contributed by atoms with Gasteiger partial charge in [0.05, 0.1) is 4.92 Å². The number of benzene rings is 1. The van der Waals surface area contributed by atoms with E-state index < -0.39 is 16.4 Å². The number of amides is 1. The third-order valence-corrected chi connectivity index (χ3v) is 4.24. The summed E-state index contributed by atoms with van der Waals surface area (Å²) < 4.78 is 13.6. The standard InChI is InChI=1S/C15H19FN2O3/c1-10-3-6-12(7-4-10)17(2)15(19)11-5-8-14(18(20)21)13(16)9-11/h5,8-10,12H,3-4,6-7H2,1-2H3. The normalized spacial score (nSPS) is 21.9. The van der Waals surface area contributed by atoms with Gasteiger partial charge in [0.25, 0.3) is 5.91 Å². The molecule has 0 atom stereocenters. The minimum atomic E-state index is -0.975. The molecule has 1 saturated carbocycles. The highest BCUT2D eigenvalue weighted by Crippen LogP contribution is 2.27. The van der Waals surface area contributed by atoms with E-state index in [2.05, 4.69) is 6.92 Å². The molecule has 21 heavy (non-hydrogen) atoms. The lowest BCUT2D eigenvalue weighted by Gasteiger charge is -2.33. The Morgan fingerprint density at radius 1 is 1.33 bits per heavy atom. The van der Waals surface area contributed by atoms with Gasteiger partial charge in [0.2, 0.25) is 5.82 Å². The van der Waals surface area contributed by atoms with Crippen LogP contribution < -0.4 is 0 Å². The smallest absolute Gasteiger partial charge is 0.304 e. The number of nitro groups is 1. The van der Waals surface area contributed by atoms with Crippen molar-refractivity contribution in [2.45, 2.75) is 38.6 Å². The van der Waals surface area contributed by atoms with E-state index in [1.807, 2.05) is 0 Å². The van der Waals surface area contributed by atoms with Gasteiger partial charge >= 0.3 is 5.69 Å². The molecule has 1 fully saturated rings. The van der Waals surface area contributed by atoms with Gasteiger partial charge in [-0.3, -0.25) is 14.9 Å². The van der Waals surface area contributed by atoms with Gasteiger partial charge in [-0.25, -0.2) is 0 Å². The lowest BCUT2D eigenvalue weighted by Crippen LogP contribution is -2.39. The molecule has 1 aliphatic rings.